The van der Waals surface area contributed by atoms with Crippen LogP contribution < -0.4 is 11.1 Å². The van der Waals surface area contributed by atoms with Crippen LogP contribution in [0.5, 0.6) is 0 Å². The van der Waals surface area contributed by atoms with Crippen LogP contribution in [0.3, 0.4) is 0 Å². The summed E-state index contributed by atoms with van der Waals surface area (Å²) in [7, 11) is 1.80. The third-order valence-corrected chi connectivity index (χ3v) is 3.15. The molecule has 0 heterocycles. The Kier molecular flexibility index (Phi) is 2.62. The smallest absolute Gasteiger partial charge is 0.250 e. The van der Waals surface area contributed by atoms with E-state index in [-0.39, 0.29) is 5.91 Å². The summed E-state index contributed by atoms with van der Waals surface area (Å²) >= 11 is 0. The molecule has 0 atom stereocenters. The van der Waals surface area contributed by atoms with Gasteiger partial charge >= 0.3 is 0 Å². The minimum atomic E-state index is -0.361. The maximum absolute atomic E-state index is 11.2. The molecule has 0 unspecified atom stereocenters. The Bertz CT molecular complexity index is 383. The molecule has 80 valence electrons. The average molecular weight is 204 g/mol. The highest BCUT2D eigenvalue weighted by Crippen LogP contribution is 2.37. The van der Waals surface area contributed by atoms with Crippen LogP contribution in [-0.4, -0.2) is 13.0 Å². The molecule has 0 bridgehead atoms. The van der Waals surface area contributed by atoms with Crippen LogP contribution >= 0.6 is 0 Å². The molecule has 1 saturated carbocycles. The van der Waals surface area contributed by atoms with Gasteiger partial charge in [-0.3, -0.25) is 4.79 Å². The van der Waals surface area contributed by atoms with Crippen LogP contribution in [0.15, 0.2) is 18.2 Å². The number of hydrogen-bond acceptors (Lipinski definition) is 2. The highest BCUT2D eigenvalue weighted by Gasteiger charge is 2.20. The van der Waals surface area contributed by atoms with Gasteiger partial charge in [-0.1, -0.05) is 12.5 Å². The third kappa shape index (κ3) is 1.82. The summed E-state index contributed by atoms with van der Waals surface area (Å²) in [5, 5.41) is 2.98. The molecule has 1 fully saturated rings. The lowest BCUT2D eigenvalue weighted by molar-refractivity contribution is 0.100. The van der Waals surface area contributed by atoms with Crippen LogP contribution in [0, 0.1) is 0 Å². The molecular formula is C12H16N2O. The number of nitrogens with two attached hydrogens (primary N) is 1. The van der Waals surface area contributed by atoms with Crippen molar-refractivity contribution < 1.29 is 4.79 Å². The van der Waals surface area contributed by atoms with Crippen molar-refractivity contribution in [3.63, 3.8) is 0 Å². The number of carbonyl (C=O) groups excluding carboxylic acids is 1. The van der Waals surface area contributed by atoms with E-state index in [4.69, 9.17) is 5.73 Å². The van der Waals surface area contributed by atoms with Gasteiger partial charge in [0, 0.05) is 12.7 Å². The van der Waals surface area contributed by atoms with Crippen LogP contribution in [0.25, 0.3) is 0 Å². The van der Waals surface area contributed by atoms with Gasteiger partial charge in [-0.05, 0) is 36.5 Å². The Hall–Kier alpha value is -1.51. The summed E-state index contributed by atoms with van der Waals surface area (Å²) < 4.78 is 0. The van der Waals surface area contributed by atoms with E-state index in [9.17, 15) is 4.79 Å². The number of hydrogen-bond donors (Lipinski definition) is 2. The van der Waals surface area contributed by atoms with Crippen LogP contribution in [-0.2, 0) is 0 Å². The van der Waals surface area contributed by atoms with Crippen molar-refractivity contribution in [2.24, 2.45) is 5.73 Å². The van der Waals surface area contributed by atoms with E-state index in [1.54, 1.807) is 7.05 Å². The summed E-state index contributed by atoms with van der Waals surface area (Å²) in [6, 6.07) is 5.95. The molecule has 1 aromatic rings. The van der Waals surface area contributed by atoms with Crippen molar-refractivity contribution >= 4 is 11.6 Å². The summed E-state index contributed by atoms with van der Waals surface area (Å²) in [5.41, 5.74) is 7.99. The summed E-state index contributed by atoms with van der Waals surface area (Å²) in [6.07, 6.45) is 3.76. The van der Waals surface area contributed by atoms with E-state index < -0.39 is 0 Å². The molecule has 2 rings (SSSR count). The number of nitrogens with one attached hydrogen (secondary N) is 1. The molecule has 0 radical (unpaired) electrons. The second-order valence-electron chi connectivity index (χ2n) is 4.05. The second kappa shape index (κ2) is 3.93. The van der Waals surface area contributed by atoms with Crippen molar-refractivity contribution in [2.75, 3.05) is 12.4 Å². The Morgan fingerprint density at radius 1 is 1.47 bits per heavy atom. The number of anilines is 1. The lowest BCUT2D eigenvalue weighted by Crippen LogP contribution is -2.15. The molecular weight excluding hydrogens is 188 g/mol. The average Bonchev–Trinajstić information content (AvgIpc) is 2.15. The van der Waals surface area contributed by atoms with Crippen LogP contribution in [0.1, 0.15) is 41.1 Å². The van der Waals surface area contributed by atoms with Crippen molar-refractivity contribution in [3.8, 4) is 0 Å². The van der Waals surface area contributed by atoms with Gasteiger partial charge in [-0.15, -0.1) is 0 Å². The lowest BCUT2D eigenvalue weighted by Gasteiger charge is -2.26. The lowest BCUT2D eigenvalue weighted by atomic mass is 9.79. The van der Waals surface area contributed by atoms with Crippen LogP contribution in [0.4, 0.5) is 5.69 Å². The standard InChI is InChI=1S/C12H16N2O/c1-14-11-6-5-9(8-3-2-4-8)7-10(11)12(13)15/h5-8,14H,2-4H2,1H3,(H2,13,15). The molecule has 1 amide bonds. The van der Waals surface area contributed by atoms with Gasteiger partial charge in [0.1, 0.15) is 0 Å². The Balaban J connectivity index is 2.35. The molecule has 1 aromatic carbocycles. The monoisotopic (exact) mass is 204 g/mol. The molecule has 15 heavy (non-hydrogen) atoms. The van der Waals surface area contributed by atoms with E-state index in [2.05, 4.69) is 11.4 Å². The largest absolute Gasteiger partial charge is 0.387 e. The first kappa shape index (κ1) is 10.0. The minimum Gasteiger partial charge on any atom is -0.387 e. The van der Waals surface area contributed by atoms with E-state index in [1.165, 1.54) is 24.8 Å². The van der Waals surface area contributed by atoms with E-state index in [0.29, 0.717) is 11.5 Å². The Morgan fingerprint density at radius 2 is 2.20 bits per heavy atom. The predicted molar refractivity (Wildman–Crippen MR) is 61.1 cm³/mol. The molecule has 3 nitrogen and oxygen atoms in total. The van der Waals surface area contributed by atoms with Gasteiger partial charge in [-0.25, -0.2) is 0 Å². The molecule has 0 spiro atoms. The minimum absolute atomic E-state index is 0.361. The van der Waals surface area contributed by atoms with E-state index in [0.717, 1.165) is 5.69 Å². The zero-order valence-corrected chi connectivity index (χ0v) is 8.92. The van der Waals surface area contributed by atoms with E-state index >= 15 is 0 Å². The fourth-order valence-corrected chi connectivity index (χ4v) is 1.98. The summed E-state index contributed by atoms with van der Waals surface area (Å²) in [4.78, 5) is 11.2. The third-order valence-electron chi connectivity index (χ3n) is 3.15. The van der Waals surface area contributed by atoms with Crippen molar-refractivity contribution in [1.82, 2.24) is 0 Å². The highest BCUT2D eigenvalue weighted by molar-refractivity contribution is 5.98. The number of primary amides is 1. The van der Waals surface area contributed by atoms with Gasteiger partial charge in [0.2, 0.25) is 0 Å². The zero-order chi connectivity index (χ0) is 10.8. The Labute approximate surface area is 89.7 Å². The van der Waals surface area contributed by atoms with Gasteiger partial charge in [-0.2, -0.15) is 0 Å². The first-order chi connectivity index (χ1) is 7.22. The molecule has 3 heteroatoms. The maximum atomic E-state index is 11.2. The quantitative estimate of drug-likeness (QED) is 0.792. The maximum Gasteiger partial charge on any atom is 0.250 e. The number of benzene rings is 1. The molecule has 3 N–H and O–H groups in total. The summed E-state index contributed by atoms with van der Waals surface area (Å²) in [5.74, 6) is 0.273. The SMILES string of the molecule is CNc1ccc(C2CCC2)cc1C(N)=O. The normalized spacial score (nSPS) is 15.8. The van der Waals surface area contributed by atoms with Gasteiger partial charge in [0.25, 0.3) is 5.91 Å². The first-order valence-corrected chi connectivity index (χ1v) is 5.34. The van der Waals surface area contributed by atoms with Gasteiger partial charge in [0.05, 0.1) is 5.56 Å². The van der Waals surface area contributed by atoms with Crippen LogP contribution in [0.2, 0.25) is 0 Å². The van der Waals surface area contributed by atoms with Gasteiger partial charge in [0.15, 0.2) is 0 Å². The second-order valence-corrected chi connectivity index (χ2v) is 4.05. The first-order valence-electron chi connectivity index (χ1n) is 5.34. The van der Waals surface area contributed by atoms with Crippen molar-refractivity contribution in [2.45, 2.75) is 25.2 Å². The van der Waals surface area contributed by atoms with E-state index in [1.807, 2.05) is 12.1 Å². The van der Waals surface area contributed by atoms with Crippen molar-refractivity contribution in [1.29, 1.82) is 0 Å². The summed E-state index contributed by atoms with van der Waals surface area (Å²) in [6.45, 7) is 0. The number of rotatable bonds is 3. The predicted octanol–water partition coefficient (Wildman–Crippen LogP) is 2.09. The fourth-order valence-electron chi connectivity index (χ4n) is 1.98. The molecule has 0 saturated heterocycles. The number of carbonyl (C=O) groups is 1. The molecule has 1 aliphatic rings. The fraction of sp³-hybridized carbons (Fsp3) is 0.417. The van der Waals surface area contributed by atoms with Crippen molar-refractivity contribution in [3.05, 3.63) is 29.3 Å². The highest BCUT2D eigenvalue weighted by atomic mass is 16.1. The molecule has 0 aromatic heterocycles. The zero-order valence-electron chi connectivity index (χ0n) is 8.92. The number of amides is 1. The molecule has 1 aliphatic carbocycles. The topological polar surface area (TPSA) is 55.1 Å². The molecule has 0 aliphatic heterocycles. The van der Waals surface area contributed by atoms with Gasteiger partial charge < -0.3 is 11.1 Å². The Morgan fingerprint density at radius 3 is 2.67 bits per heavy atom.